The number of fused-ring (bicyclic) bond motifs is 6. The fourth-order valence-corrected chi connectivity index (χ4v) is 7.73. The van der Waals surface area contributed by atoms with Gasteiger partial charge < -0.3 is 9.88 Å². The van der Waals surface area contributed by atoms with Gasteiger partial charge in [-0.1, -0.05) is 69.5 Å². The van der Waals surface area contributed by atoms with Crippen LogP contribution in [0.3, 0.4) is 0 Å². The van der Waals surface area contributed by atoms with Gasteiger partial charge in [0.15, 0.2) is 5.54 Å². The first-order valence-corrected chi connectivity index (χ1v) is 12.3. The Morgan fingerprint density at radius 2 is 1.72 bits per heavy atom. The van der Waals surface area contributed by atoms with Gasteiger partial charge in [0.2, 0.25) is 0 Å². The van der Waals surface area contributed by atoms with Crippen LogP contribution in [0.2, 0.25) is 0 Å². The van der Waals surface area contributed by atoms with Gasteiger partial charge in [0.05, 0.1) is 11.4 Å². The van der Waals surface area contributed by atoms with E-state index in [1.54, 1.807) is 0 Å². The highest BCUT2D eigenvalue weighted by Crippen LogP contribution is 2.60. The maximum Gasteiger partial charge on any atom is 0.258 e. The van der Waals surface area contributed by atoms with E-state index in [9.17, 15) is 4.79 Å². The molecule has 4 nitrogen and oxygen atoms in total. The summed E-state index contributed by atoms with van der Waals surface area (Å²) in [5, 5.41) is 5.02. The Morgan fingerprint density at radius 1 is 0.938 bits per heavy atom. The molecule has 4 aliphatic rings. The van der Waals surface area contributed by atoms with Crippen LogP contribution < -0.4 is 10.2 Å². The van der Waals surface area contributed by atoms with Crippen molar-refractivity contribution in [3.63, 3.8) is 0 Å². The average molecular weight is 426 g/mol. The second kappa shape index (κ2) is 6.05. The van der Waals surface area contributed by atoms with Crippen LogP contribution in [-0.2, 0) is 22.2 Å². The predicted octanol–water partition coefficient (Wildman–Crippen LogP) is 5.29. The number of aromatic amines is 1. The third-order valence-corrected chi connectivity index (χ3v) is 8.90. The molecule has 4 heterocycles. The minimum absolute atomic E-state index is 0.0585. The molecule has 3 aliphatic heterocycles. The molecule has 7 rings (SSSR count). The molecule has 1 aliphatic carbocycles. The van der Waals surface area contributed by atoms with Crippen molar-refractivity contribution in [3.05, 3.63) is 64.8 Å². The van der Waals surface area contributed by atoms with Crippen molar-refractivity contribution >= 4 is 22.5 Å². The number of carbonyl (C=O) groups is 1. The highest BCUT2D eigenvalue weighted by molar-refractivity contribution is 6.13. The van der Waals surface area contributed by atoms with Gasteiger partial charge in [-0.25, -0.2) is 0 Å². The number of nitrogens with one attached hydrogen (secondary N) is 2. The first kappa shape index (κ1) is 18.9. The van der Waals surface area contributed by atoms with Gasteiger partial charge in [-0.15, -0.1) is 0 Å². The van der Waals surface area contributed by atoms with Gasteiger partial charge in [-0.2, -0.15) is 0 Å². The Morgan fingerprint density at radius 3 is 2.56 bits per heavy atom. The quantitative estimate of drug-likeness (QED) is 0.514. The van der Waals surface area contributed by atoms with Crippen LogP contribution in [0.25, 0.3) is 10.9 Å². The summed E-state index contributed by atoms with van der Waals surface area (Å²) < 4.78 is 0. The highest BCUT2D eigenvalue weighted by Gasteiger charge is 2.63. The lowest BCUT2D eigenvalue weighted by Crippen LogP contribution is -2.62. The fourth-order valence-electron chi connectivity index (χ4n) is 7.73. The number of nitrogens with zero attached hydrogens (tertiary/aromatic N) is 1. The molecule has 2 aromatic carbocycles. The van der Waals surface area contributed by atoms with E-state index in [2.05, 4.69) is 71.5 Å². The lowest BCUT2D eigenvalue weighted by Gasteiger charge is -2.53. The molecule has 1 amide bonds. The van der Waals surface area contributed by atoms with E-state index in [1.165, 1.54) is 41.5 Å². The number of benzene rings is 2. The number of aromatic nitrogens is 1. The Bertz CT molecular complexity index is 1280. The van der Waals surface area contributed by atoms with Crippen molar-refractivity contribution in [2.75, 3.05) is 11.4 Å². The molecule has 1 atom stereocenters. The Hall–Kier alpha value is -2.59. The summed E-state index contributed by atoms with van der Waals surface area (Å²) in [7, 11) is 0. The lowest BCUT2D eigenvalue weighted by atomic mass is 9.64. The number of rotatable bonds is 0. The smallest absolute Gasteiger partial charge is 0.258 e. The van der Waals surface area contributed by atoms with Crippen LogP contribution in [-0.4, -0.2) is 23.0 Å². The number of carbonyl (C=O) groups excluding carboxylic acids is 1. The minimum Gasteiger partial charge on any atom is -0.356 e. The number of H-pyrrole nitrogens is 1. The number of hydrogen-bond donors (Lipinski definition) is 2. The predicted molar refractivity (Wildman–Crippen MR) is 128 cm³/mol. The average Bonchev–Trinajstić information content (AvgIpc) is 3.29. The van der Waals surface area contributed by atoms with Crippen molar-refractivity contribution in [3.8, 4) is 0 Å². The highest BCUT2D eigenvalue weighted by atomic mass is 16.2. The minimum atomic E-state index is -0.803. The largest absolute Gasteiger partial charge is 0.356 e. The van der Waals surface area contributed by atoms with Gasteiger partial charge in [0, 0.05) is 28.6 Å². The third kappa shape index (κ3) is 2.10. The van der Waals surface area contributed by atoms with Crippen LogP contribution in [0.1, 0.15) is 74.8 Å². The summed E-state index contributed by atoms with van der Waals surface area (Å²) in [6.07, 6.45) is 7.95. The van der Waals surface area contributed by atoms with Crippen molar-refractivity contribution < 1.29 is 4.79 Å². The van der Waals surface area contributed by atoms with Gasteiger partial charge in [-0.3, -0.25) is 10.1 Å². The van der Waals surface area contributed by atoms with Crippen LogP contribution in [0.4, 0.5) is 5.69 Å². The summed E-state index contributed by atoms with van der Waals surface area (Å²) in [4.78, 5) is 20.7. The first-order valence-electron chi connectivity index (χ1n) is 12.3. The van der Waals surface area contributed by atoms with E-state index >= 15 is 0 Å². The first-order chi connectivity index (χ1) is 15.5. The van der Waals surface area contributed by atoms with Gasteiger partial charge in [0.1, 0.15) is 0 Å². The topological polar surface area (TPSA) is 48.1 Å². The second-order valence-corrected chi connectivity index (χ2v) is 11.1. The molecular weight excluding hydrogens is 394 g/mol. The van der Waals surface area contributed by atoms with E-state index in [4.69, 9.17) is 0 Å². The molecule has 2 N–H and O–H groups in total. The molecule has 164 valence electrons. The Labute approximate surface area is 189 Å². The standard InChI is InChI=1S/C28H31N3O/c1-26(2)17-27(14-6-3-7-15-27)31-23-20(26)10-8-11-21(23)28(25(31)32)24-19(13-16-29-28)18-9-4-5-12-22(18)30-24/h4-5,8-12,29-30H,3,6-7,13-17H2,1-2H3/t28-/m1/s1. The molecule has 1 aromatic heterocycles. The van der Waals surface area contributed by atoms with Crippen molar-refractivity contribution in [1.29, 1.82) is 0 Å². The Kier molecular flexibility index (Phi) is 3.58. The maximum atomic E-state index is 14.7. The summed E-state index contributed by atoms with van der Waals surface area (Å²) in [6, 6.07) is 15.2. The molecule has 1 fully saturated rings. The van der Waals surface area contributed by atoms with E-state index in [0.29, 0.717) is 0 Å². The van der Waals surface area contributed by atoms with Crippen molar-refractivity contribution in [2.24, 2.45) is 0 Å². The van der Waals surface area contributed by atoms with E-state index < -0.39 is 5.54 Å². The van der Waals surface area contributed by atoms with Crippen LogP contribution in [0.15, 0.2) is 42.5 Å². The van der Waals surface area contributed by atoms with Crippen LogP contribution >= 0.6 is 0 Å². The molecule has 32 heavy (non-hydrogen) atoms. The van der Waals surface area contributed by atoms with E-state index in [0.717, 1.165) is 49.0 Å². The zero-order valence-electron chi connectivity index (χ0n) is 19.1. The fraction of sp³-hybridized carbons (Fsp3) is 0.464. The van der Waals surface area contributed by atoms with Crippen LogP contribution in [0.5, 0.6) is 0 Å². The molecular formula is C28H31N3O. The summed E-state index contributed by atoms with van der Waals surface area (Å²) in [5.41, 5.74) is 6.40. The zero-order valence-corrected chi connectivity index (χ0v) is 19.1. The van der Waals surface area contributed by atoms with Crippen molar-refractivity contribution in [2.45, 2.75) is 75.3 Å². The molecule has 4 heteroatoms. The van der Waals surface area contributed by atoms with Crippen molar-refractivity contribution in [1.82, 2.24) is 10.3 Å². The summed E-state index contributed by atoms with van der Waals surface area (Å²) in [6.45, 7) is 5.58. The van der Waals surface area contributed by atoms with Crippen LogP contribution in [0, 0.1) is 0 Å². The van der Waals surface area contributed by atoms with E-state index in [-0.39, 0.29) is 16.9 Å². The molecule has 0 bridgehead atoms. The molecule has 3 aromatic rings. The summed E-state index contributed by atoms with van der Waals surface area (Å²) in [5.74, 6) is 0.241. The normalized spacial score (nSPS) is 27.2. The molecule has 0 saturated heterocycles. The molecule has 2 spiro atoms. The van der Waals surface area contributed by atoms with Gasteiger partial charge in [0.25, 0.3) is 5.91 Å². The molecule has 0 radical (unpaired) electrons. The molecule has 0 unspecified atom stereocenters. The molecule has 1 saturated carbocycles. The van der Waals surface area contributed by atoms with E-state index in [1.807, 2.05) is 0 Å². The second-order valence-electron chi connectivity index (χ2n) is 11.1. The summed E-state index contributed by atoms with van der Waals surface area (Å²) >= 11 is 0. The number of para-hydroxylation sites is 2. The SMILES string of the molecule is CC1(C)CC2(CCCCC2)N2C(=O)[C@@]3(NCCc4c3[nH]c3ccccc43)c3cccc1c32. The number of amides is 1. The monoisotopic (exact) mass is 425 g/mol. The Balaban J connectivity index is 1.55. The van der Waals surface area contributed by atoms with Gasteiger partial charge >= 0.3 is 0 Å². The van der Waals surface area contributed by atoms with Gasteiger partial charge in [-0.05, 0) is 48.3 Å². The maximum absolute atomic E-state index is 14.7. The zero-order chi connectivity index (χ0) is 21.7. The third-order valence-electron chi connectivity index (χ3n) is 8.90. The number of hydrogen-bond acceptors (Lipinski definition) is 2. The lowest BCUT2D eigenvalue weighted by molar-refractivity contribution is -0.125. The number of anilines is 1.